The van der Waals surface area contributed by atoms with Gasteiger partial charge in [-0.05, 0) is 24.3 Å². The summed E-state index contributed by atoms with van der Waals surface area (Å²) >= 11 is 7.46. The lowest BCUT2D eigenvalue weighted by Crippen LogP contribution is -2.46. The normalized spacial score (nSPS) is 15.3. The van der Waals surface area contributed by atoms with Crippen LogP contribution in [0, 0.1) is 0 Å². The Balaban J connectivity index is 1.64. The minimum Gasteiger partial charge on any atom is -0.368 e. The number of hydrogen-bond donors (Lipinski definition) is 0. The molecule has 1 aromatic carbocycles. The summed E-state index contributed by atoms with van der Waals surface area (Å²) in [4.78, 5) is 20.3. The molecule has 1 saturated heterocycles. The van der Waals surface area contributed by atoms with E-state index in [2.05, 4.69) is 26.9 Å². The summed E-state index contributed by atoms with van der Waals surface area (Å²) < 4.78 is 0. The van der Waals surface area contributed by atoms with Crippen LogP contribution in [0.15, 0.2) is 29.6 Å². The molecule has 3 rings (SSSR count). The van der Waals surface area contributed by atoms with Crippen LogP contribution in [0.4, 0.5) is 10.8 Å². The molecule has 0 atom stereocenters. The van der Waals surface area contributed by atoms with E-state index >= 15 is 0 Å². The Labute approximate surface area is 133 Å². The number of carbonyl (C=O) groups excluding carboxylic acids is 1. The monoisotopic (exact) mass is 321 g/mol. The summed E-state index contributed by atoms with van der Waals surface area (Å²) in [5.41, 5.74) is 1.76. The number of aromatic nitrogens is 1. The summed E-state index contributed by atoms with van der Waals surface area (Å²) in [5.74, 6) is 0.0253. The SMILES string of the molecule is CC(=O)c1csc(N2CCN(c3ccc(Cl)cc3)CC2)n1. The average Bonchev–Trinajstić information content (AvgIpc) is 2.98. The lowest BCUT2D eigenvalue weighted by molar-refractivity contribution is 0.101. The van der Waals surface area contributed by atoms with E-state index in [1.165, 1.54) is 5.69 Å². The maximum atomic E-state index is 11.3. The third-order valence-electron chi connectivity index (χ3n) is 3.59. The highest BCUT2D eigenvalue weighted by Crippen LogP contribution is 2.24. The van der Waals surface area contributed by atoms with Crippen molar-refractivity contribution in [1.29, 1.82) is 0 Å². The predicted octanol–water partition coefficient (Wildman–Crippen LogP) is 3.33. The van der Waals surface area contributed by atoms with Crippen molar-refractivity contribution in [2.45, 2.75) is 6.92 Å². The molecule has 0 spiro atoms. The van der Waals surface area contributed by atoms with Crippen LogP contribution in [-0.2, 0) is 0 Å². The quantitative estimate of drug-likeness (QED) is 0.813. The zero-order valence-electron chi connectivity index (χ0n) is 11.8. The Bertz CT molecular complexity index is 633. The fourth-order valence-corrected chi connectivity index (χ4v) is 3.42. The molecule has 2 heterocycles. The van der Waals surface area contributed by atoms with Crippen LogP contribution in [0.3, 0.4) is 0 Å². The van der Waals surface area contributed by atoms with Gasteiger partial charge >= 0.3 is 0 Å². The molecule has 0 N–H and O–H groups in total. The largest absolute Gasteiger partial charge is 0.368 e. The number of benzene rings is 1. The van der Waals surface area contributed by atoms with Gasteiger partial charge < -0.3 is 9.80 Å². The maximum Gasteiger partial charge on any atom is 0.186 e. The van der Waals surface area contributed by atoms with E-state index in [4.69, 9.17) is 11.6 Å². The molecule has 0 unspecified atom stereocenters. The van der Waals surface area contributed by atoms with Gasteiger partial charge in [0.2, 0.25) is 0 Å². The van der Waals surface area contributed by atoms with Crippen molar-refractivity contribution in [3.8, 4) is 0 Å². The van der Waals surface area contributed by atoms with Gasteiger partial charge in [-0.2, -0.15) is 0 Å². The first kappa shape index (κ1) is 14.4. The van der Waals surface area contributed by atoms with Crippen molar-refractivity contribution in [3.63, 3.8) is 0 Å². The standard InChI is InChI=1S/C15H16ClN3OS/c1-11(20)14-10-21-15(17-14)19-8-6-18(7-9-19)13-4-2-12(16)3-5-13/h2-5,10H,6-9H2,1H3. The van der Waals surface area contributed by atoms with Crippen molar-refractivity contribution in [1.82, 2.24) is 4.98 Å². The minimum atomic E-state index is 0.0253. The lowest BCUT2D eigenvalue weighted by atomic mass is 10.2. The number of rotatable bonds is 3. The van der Waals surface area contributed by atoms with Crippen molar-refractivity contribution < 1.29 is 4.79 Å². The second-order valence-corrected chi connectivity index (χ2v) is 6.30. The molecular formula is C15H16ClN3OS. The van der Waals surface area contributed by atoms with Gasteiger partial charge in [-0.1, -0.05) is 11.6 Å². The van der Waals surface area contributed by atoms with Crippen LogP contribution >= 0.6 is 22.9 Å². The summed E-state index contributed by atoms with van der Waals surface area (Å²) in [6, 6.07) is 7.94. The summed E-state index contributed by atoms with van der Waals surface area (Å²) in [7, 11) is 0. The third-order valence-corrected chi connectivity index (χ3v) is 4.75. The molecule has 6 heteroatoms. The zero-order valence-corrected chi connectivity index (χ0v) is 13.3. The fraction of sp³-hybridized carbons (Fsp3) is 0.333. The molecule has 1 fully saturated rings. The smallest absolute Gasteiger partial charge is 0.186 e. The van der Waals surface area contributed by atoms with E-state index in [0.717, 1.165) is 36.3 Å². The van der Waals surface area contributed by atoms with E-state index in [1.54, 1.807) is 18.3 Å². The van der Waals surface area contributed by atoms with Crippen LogP contribution in [0.2, 0.25) is 5.02 Å². The first-order valence-electron chi connectivity index (χ1n) is 6.85. The van der Waals surface area contributed by atoms with Gasteiger partial charge in [0.1, 0.15) is 5.69 Å². The molecule has 0 bridgehead atoms. The molecule has 21 heavy (non-hydrogen) atoms. The third kappa shape index (κ3) is 3.19. The molecule has 110 valence electrons. The lowest BCUT2D eigenvalue weighted by Gasteiger charge is -2.36. The van der Waals surface area contributed by atoms with Crippen LogP contribution in [-0.4, -0.2) is 36.9 Å². The van der Waals surface area contributed by atoms with Crippen molar-refractivity contribution in [3.05, 3.63) is 40.4 Å². The van der Waals surface area contributed by atoms with Gasteiger partial charge in [-0.25, -0.2) is 4.98 Å². The van der Waals surface area contributed by atoms with Crippen molar-refractivity contribution in [2.24, 2.45) is 0 Å². The van der Waals surface area contributed by atoms with Gasteiger partial charge in [0.15, 0.2) is 10.9 Å². The Morgan fingerprint density at radius 2 is 1.76 bits per heavy atom. The molecule has 1 aliphatic heterocycles. The first-order valence-corrected chi connectivity index (χ1v) is 8.11. The number of ketones is 1. The summed E-state index contributed by atoms with van der Waals surface area (Å²) in [5, 5.41) is 3.54. The number of carbonyl (C=O) groups is 1. The summed E-state index contributed by atoms with van der Waals surface area (Å²) in [6.45, 7) is 5.26. The second kappa shape index (κ2) is 6.03. The van der Waals surface area contributed by atoms with Crippen molar-refractivity contribution in [2.75, 3.05) is 36.0 Å². The van der Waals surface area contributed by atoms with Gasteiger partial charge in [-0.3, -0.25) is 4.79 Å². The number of thiazole rings is 1. The molecular weight excluding hydrogens is 306 g/mol. The first-order chi connectivity index (χ1) is 10.1. The minimum absolute atomic E-state index is 0.0253. The highest BCUT2D eigenvalue weighted by molar-refractivity contribution is 7.13. The molecule has 0 radical (unpaired) electrons. The number of Topliss-reactive ketones (excluding diaryl/α,β-unsaturated/α-hetero) is 1. The second-order valence-electron chi connectivity index (χ2n) is 5.02. The number of anilines is 2. The molecule has 2 aromatic rings. The molecule has 1 aromatic heterocycles. The molecule has 0 saturated carbocycles. The van der Waals surface area contributed by atoms with Crippen LogP contribution in [0.25, 0.3) is 0 Å². The van der Waals surface area contributed by atoms with E-state index in [9.17, 15) is 4.79 Å². The number of piperazine rings is 1. The Morgan fingerprint density at radius 3 is 2.33 bits per heavy atom. The number of hydrogen-bond acceptors (Lipinski definition) is 5. The highest BCUT2D eigenvalue weighted by atomic mass is 35.5. The number of halogens is 1. The average molecular weight is 322 g/mol. The van der Waals surface area contributed by atoms with Gasteiger partial charge in [0.25, 0.3) is 0 Å². The molecule has 4 nitrogen and oxygen atoms in total. The topological polar surface area (TPSA) is 36.4 Å². The molecule has 1 aliphatic rings. The van der Waals surface area contributed by atoms with Gasteiger partial charge in [0.05, 0.1) is 0 Å². The Kier molecular flexibility index (Phi) is 4.12. The van der Waals surface area contributed by atoms with E-state index < -0.39 is 0 Å². The molecule has 0 amide bonds. The van der Waals surface area contributed by atoms with Crippen LogP contribution < -0.4 is 9.80 Å². The Morgan fingerprint density at radius 1 is 1.14 bits per heavy atom. The van der Waals surface area contributed by atoms with Gasteiger partial charge in [0, 0.05) is 49.2 Å². The van der Waals surface area contributed by atoms with Gasteiger partial charge in [-0.15, -0.1) is 11.3 Å². The highest BCUT2D eigenvalue weighted by Gasteiger charge is 2.20. The van der Waals surface area contributed by atoms with Crippen LogP contribution in [0.1, 0.15) is 17.4 Å². The van der Waals surface area contributed by atoms with E-state index in [1.807, 2.05) is 17.5 Å². The molecule has 0 aliphatic carbocycles. The zero-order chi connectivity index (χ0) is 14.8. The van der Waals surface area contributed by atoms with E-state index in [-0.39, 0.29) is 5.78 Å². The van der Waals surface area contributed by atoms with Crippen LogP contribution in [0.5, 0.6) is 0 Å². The predicted molar refractivity (Wildman–Crippen MR) is 88.0 cm³/mol. The summed E-state index contributed by atoms with van der Waals surface area (Å²) in [6.07, 6.45) is 0. The maximum absolute atomic E-state index is 11.3. The fourth-order valence-electron chi connectivity index (χ4n) is 2.38. The Hall–Kier alpha value is -1.59. The van der Waals surface area contributed by atoms with Crippen molar-refractivity contribution >= 4 is 39.5 Å². The van der Waals surface area contributed by atoms with E-state index in [0.29, 0.717) is 5.69 Å². The number of nitrogens with zero attached hydrogens (tertiary/aromatic N) is 3.